The molecule has 4 heteroatoms. The van der Waals surface area contributed by atoms with Gasteiger partial charge in [0.15, 0.2) is 11.5 Å². The van der Waals surface area contributed by atoms with Gasteiger partial charge in [0.2, 0.25) is 0 Å². The largest absolute Gasteiger partial charge is 0.486 e. The van der Waals surface area contributed by atoms with Gasteiger partial charge in [-0.2, -0.15) is 0 Å². The van der Waals surface area contributed by atoms with Gasteiger partial charge in [-0.1, -0.05) is 25.3 Å². The molecule has 0 unspecified atom stereocenters. The van der Waals surface area contributed by atoms with Crippen LogP contribution in [-0.4, -0.2) is 26.0 Å². The minimum atomic E-state index is 0.131. The van der Waals surface area contributed by atoms with Crippen molar-refractivity contribution in [3.63, 3.8) is 0 Å². The highest BCUT2D eigenvalue weighted by molar-refractivity contribution is 7.98. The lowest BCUT2D eigenvalue weighted by atomic mass is 9.69. The fraction of sp³-hybridized carbons (Fsp3) is 0.625. The molecule has 3 nitrogen and oxygen atoms in total. The van der Waals surface area contributed by atoms with Gasteiger partial charge in [0, 0.05) is 12.0 Å². The van der Waals surface area contributed by atoms with Gasteiger partial charge in [-0.3, -0.25) is 0 Å². The number of nitrogens with two attached hydrogens (primary N) is 1. The predicted octanol–water partition coefficient (Wildman–Crippen LogP) is 3.34. The molecule has 1 saturated carbocycles. The Morgan fingerprint density at radius 2 is 1.90 bits per heavy atom. The van der Waals surface area contributed by atoms with Crippen molar-refractivity contribution in [2.75, 3.05) is 26.0 Å². The molecule has 0 atom stereocenters. The Labute approximate surface area is 125 Å². The summed E-state index contributed by atoms with van der Waals surface area (Å²) in [6.07, 6.45) is 8.39. The van der Waals surface area contributed by atoms with Crippen molar-refractivity contribution in [1.82, 2.24) is 0 Å². The Kier molecular flexibility index (Phi) is 4.13. The zero-order valence-electron chi connectivity index (χ0n) is 12.1. The summed E-state index contributed by atoms with van der Waals surface area (Å²) >= 11 is 1.76. The van der Waals surface area contributed by atoms with E-state index in [2.05, 4.69) is 18.4 Å². The number of ether oxygens (including phenoxy) is 2. The van der Waals surface area contributed by atoms with E-state index in [0.29, 0.717) is 13.2 Å². The van der Waals surface area contributed by atoms with Gasteiger partial charge < -0.3 is 15.2 Å². The number of rotatable bonds is 3. The van der Waals surface area contributed by atoms with E-state index in [4.69, 9.17) is 15.2 Å². The maximum Gasteiger partial charge on any atom is 0.175 e. The first-order valence-electron chi connectivity index (χ1n) is 7.48. The van der Waals surface area contributed by atoms with Crippen LogP contribution in [0.3, 0.4) is 0 Å². The van der Waals surface area contributed by atoms with E-state index in [0.717, 1.165) is 18.0 Å². The fourth-order valence-electron chi connectivity index (χ4n) is 3.52. The van der Waals surface area contributed by atoms with Crippen LogP contribution in [0.2, 0.25) is 0 Å². The molecule has 3 rings (SSSR count). The topological polar surface area (TPSA) is 44.5 Å². The summed E-state index contributed by atoms with van der Waals surface area (Å²) in [5.74, 6) is 1.81. The molecule has 110 valence electrons. The molecule has 0 spiro atoms. The molecule has 0 aromatic heterocycles. The SMILES string of the molecule is CSc1c(C2(CN)CCCCC2)ccc2c1OCCO2. The van der Waals surface area contributed by atoms with E-state index < -0.39 is 0 Å². The van der Waals surface area contributed by atoms with Crippen LogP contribution in [0.25, 0.3) is 0 Å². The Balaban J connectivity index is 2.08. The van der Waals surface area contributed by atoms with Gasteiger partial charge in [0.05, 0.1) is 4.90 Å². The van der Waals surface area contributed by atoms with Gasteiger partial charge in [0.25, 0.3) is 0 Å². The highest BCUT2D eigenvalue weighted by Crippen LogP contribution is 2.48. The Morgan fingerprint density at radius 1 is 1.15 bits per heavy atom. The average Bonchev–Trinajstić information content (AvgIpc) is 2.54. The van der Waals surface area contributed by atoms with E-state index >= 15 is 0 Å². The first-order chi connectivity index (χ1) is 9.80. The van der Waals surface area contributed by atoms with Crippen molar-refractivity contribution in [2.24, 2.45) is 5.73 Å². The first kappa shape index (κ1) is 14.1. The number of thioether (sulfide) groups is 1. The minimum Gasteiger partial charge on any atom is -0.486 e. The van der Waals surface area contributed by atoms with Crippen molar-refractivity contribution in [3.8, 4) is 11.5 Å². The van der Waals surface area contributed by atoms with E-state index in [-0.39, 0.29) is 5.41 Å². The third kappa shape index (κ3) is 2.29. The quantitative estimate of drug-likeness (QED) is 0.868. The Morgan fingerprint density at radius 3 is 2.60 bits per heavy atom. The molecule has 2 aliphatic rings. The number of hydrogen-bond donors (Lipinski definition) is 1. The zero-order valence-corrected chi connectivity index (χ0v) is 12.9. The molecular weight excluding hydrogens is 270 g/mol. The predicted molar refractivity (Wildman–Crippen MR) is 83.0 cm³/mol. The lowest BCUT2D eigenvalue weighted by molar-refractivity contribution is 0.165. The Bertz CT molecular complexity index is 484. The molecule has 0 saturated heterocycles. The van der Waals surface area contributed by atoms with E-state index in [1.807, 2.05) is 0 Å². The van der Waals surface area contributed by atoms with Crippen molar-refractivity contribution in [1.29, 1.82) is 0 Å². The van der Waals surface area contributed by atoms with Crippen molar-refractivity contribution >= 4 is 11.8 Å². The molecular formula is C16H23NO2S. The molecule has 1 aromatic carbocycles. The van der Waals surface area contributed by atoms with Crippen LogP contribution < -0.4 is 15.2 Å². The summed E-state index contributed by atoms with van der Waals surface area (Å²) < 4.78 is 11.6. The lowest BCUT2D eigenvalue weighted by Gasteiger charge is -2.38. The third-order valence-electron chi connectivity index (χ3n) is 4.64. The molecule has 1 aliphatic carbocycles. The summed E-state index contributed by atoms with van der Waals surface area (Å²) in [5.41, 5.74) is 7.69. The second-order valence-electron chi connectivity index (χ2n) is 5.72. The van der Waals surface area contributed by atoms with E-state index in [9.17, 15) is 0 Å². The standard InChI is InChI=1S/C16H23NO2S/c1-20-15-12(16(11-17)7-3-2-4-8-16)5-6-13-14(15)19-10-9-18-13/h5-6H,2-4,7-11,17H2,1H3. The summed E-state index contributed by atoms with van der Waals surface area (Å²) in [7, 11) is 0. The molecule has 0 bridgehead atoms. The van der Waals surface area contributed by atoms with Crippen LogP contribution in [-0.2, 0) is 5.41 Å². The van der Waals surface area contributed by atoms with Crippen molar-refractivity contribution < 1.29 is 9.47 Å². The Hall–Kier alpha value is -0.870. The second-order valence-corrected chi connectivity index (χ2v) is 6.53. The highest BCUT2D eigenvalue weighted by atomic mass is 32.2. The highest BCUT2D eigenvalue weighted by Gasteiger charge is 2.36. The molecule has 2 N–H and O–H groups in total. The van der Waals surface area contributed by atoms with Crippen LogP contribution >= 0.6 is 11.8 Å². The van der Waals surface area contributed by atoms with Crippen LogP contribution in [0, 0.1) is 0 Å². The normalized spacial score (nSPS) is 20.7. The molecule has 1 aliphatic heterocycles. The summed E-state index contributed by atoms with van der Waals surface area (Å²) in [5, 5.41) is 0. The average molecular weight is 293 g/mol. The van der Waals surface area contributed by atoms with E-state index in [1.165, 1.54) is 42.6 Å². The molecule has 1 aromatic rings. The van der Waals surface area contributed by atoms with Crippen LogP contribution in [0.5, 0.6) is 11.5 Å². The molecule has 1 fully saturated rings. The van der Waals surface area contributed by atoms with Crippen molar-refractivity contribution in [2.45, 2.75) is 42.4 Å². The van der Waals surface area contributed by atoms with E-state index in [1.54, 1.807) is 11.8 Å². The summed E-state index contributed by atoms with van der Waals surface area (Å²) in [4.78, 5) is 1.23. The van der Waals surface area contributed by atoms with Crippen molar-refractivity contribution in [3.05, 3.63) is 17.7 Å². The van der Waals surface area contributed by atoms with Gasteiger partial charge in [-0.05, 0) is 30.7 Å². The minimum absolute atomic E-state index is 0.131. The third-order valence-corrected chi connectivity index (χ3v) is 5.45. The van der Waals surface area contributed by atoms with Gasteiger partial charge in [-0.15, -0.1) is 11.8 Å². The molecule has 1 heterocycles. The van der Waals surface area contributed by atoms with Crippen LogP contribution in [0.4, 0.5) is 0 Å². The summed E-state index contributed by atoms with van der Waals surface area (Å²) in [6, 6.07) is 4.28. The first-order valence-corrected chi connectivity index (χ1v) is 8.70. The zero-order chi connectivity index (χ0) is 14.0. The van der Waals surface area contributed by atoms with Crippen LogP contribution in [0.1, 0.15) is 37.7 Å². The summed E-state index contributed by atoms with van der Waals surface area (Å²) in [6.45, 7) is 2.00. The van der Waals surface area contributed by atoms with Gasteiger partial charge >= 0.3 is 0 Å². The maximum absolute atomic E-state index is 6.19. The number of benzene rings is 1. The monoisotopic (exact) mass is 293 g/mol. The lowest BCUT2D eigenvalue weighted by Crippen LogP contribution is -2.37. The van der Waals surface area contributed by atoms with Gasteiger partial charge in [-0.25, -0.2) is 0 Å². The number of hydrogen-bond acceptors (Lipinski definition) is 4. The van der Waals surface area contributed by atoms with Gasteiger partial charge in [0.1, 0.15) is 13.2 Å². The smallest absolute Gasteiger partial charge is 0.175 e. The van der Waals surface area contributed by atoms with Crippen LogP contribution in [0.15, 0.2) is 17.0 Å². The molecule has 0 amide bonds. The number of fused-ring (bicyclic) bond motifs is 1. The molecule has 0 radical (unpaired) electrons. The fourth-order valence-corrected chi connectivity index (χ4v) is 4.37. The molecule has 20 heavy (non-hydrogen) atoms. The second kappa shape index (κ2) is 5.86. The maximum atomic E-state index is 6.19.